The molecular formula is C16H22N2O5. The maximum Gasteiger partial charge on any atom is 0.407 e. The van der Waals surface area contributed by atoms with Crippen LogP contribution in [0, 0.1) is 11.3 Å². The summed E-state index contributed by atoms with van der Waals surface area (Å²) in [7, 11) is 1.41. The number of nitrogens with zero attached hydrogens (tertiary/aromatic N) is 1. The highest BCUT2D eigenvalue weighted by Crippen LogP contribution is 2.27. The first kappa shape index (κ1) is 18.7. The lowest BCUT2D eigenvalue weighted by Crippen LogP contribution is -2.39. The van der Waals surface area contributed by atoms with Crippen LogP contribution >= 0.6 is 0 Å². The Kier molecular flexibility index (Phi) is 6.37. The monoisotopic (exact) mass is 322 g/mol. The molecule has 0 aliphatic rings. The fourth-order valence-electron chi connectivity index (χ4n) is 1.91. The summed E-state index contributed by atoms with van der Waals surface area (Å²) in [5.74, 6) is 0.302. The quantitative estimate of drug-likeness (QED) is 0.757. The molecule has 0 fully saturated rings. The molecule has 3 N–H and O–H groups in total. The van der Waals surface area contributed by atoms with Crippen molar-refractivity contribution in [1.82, 2.24) is 5.32 Å². The van der Waals surface area contributed by atoms with E-state index in [2.05, 4.69) is 5.32 Å². The Bertz CT molecular complexity index is 589. The van der Waals surface area contributed by atoms with Crippen LogP contribution in [0.15, 0.2) is 18.2 Å². The minimum atomic E-state index is -1.35. The summed E-state index contributed by atoms with van der Waals surface area (Å²) in [6, 6.07) is 6.64. The zero-order valence-corrected chi connectivity index (χ0v) is 13.7. The number of carbonyl (C=O) groups is 1. The number of hydrogen-bond donors (Lipinski definition) is 3. The number of rotatable bonds is 5. The number of hydrogen-bond acceptors (Lipinski definition) is 6. The first-order valence-electron chi connectivity index (χ1n) is 7.09. The number of nitriles is 1. The van der Waals surface area contributed by atoms with Crippen LogP contribution in [-0.2, 0) is 4.74 Å². The Balaban J connectivity index is 2.77. The second-order valence-electron chi connectivity index (χ2n) is 5.93. The van der Waals surface area contributed by atoms with Crippen LogP contribution < -0.4 is 10.1 Å². The van der Waals surface area contributed by atoms with Gasteiger partial charge in [-0.1, -0.05) is 12.1 Å². The lowest BCUT2D eigenvalue weighted by atomic mass is 9.98. The Hall–Kier alpha value is -2.30. The molecule has 0 heterocycles. The summed E-state index contributed by atoms with van der Waals surface area (Å²) < 4.78 is 10.1. The smallest absolute Gasteiger partial charge is 0.407 e. The fraction of sp³-hybridized carbons (Fsp3) is 0.500. The predicted molar refractivity (Wildman–Crippen MR) is 82.9 cm³/mol. The maximum absolute atomic E-state index is 11.5. The number of aliphatic hydroxyl groups excluding tert-OH is 2. The number of alkyl carbamates (subject to hydrolysis) is 1. The minimum Gasteiger partial charge on any atom is -0.495 e. The standard InChI is InChI=1S/C16H22N2O5/c1-16(2,3)23-15(21)18-9-12(19)14(20)10-6-5-7-13(22-4)11(10)8-17/h5-7,12,14,19-20H,9H2,1-4H3,(H,18,21). The molecule has 0 saturated heterocycles. The van der Waals surface area contributed by atoms with E-state index in [1.807, 2.05) is 6.07 Å². The van der Waals surface area contributed by atoms with E-state index < -0.39 is 23.9 Å². The van der Waals surface area contributed by atoms with Crippen molar-refractivity contribution in [2.75, 3.05) is 13.7 Å². The highest BCUT2D eigenvalue weighted by Gasteiger charge is 2.24. The summed E-state index contributed by atoms with van der Waals surface area (Å²) in [6.45, 7) is 4.92. The van der Waals surface area contributed by atoms with Crippen molar-refractivity contribution in [3.8, 4) is 11.8 Å². The van der Waals surface area contributed by atoms with E-state index in [9.17, 15) is 20.3 Å². The molecule has 2 unspecified atom stereocenters. The van der Waals surface area contributed by atoms with Crippen LogP contribution in [0.5, 0.6) is 5.75 Å². The average Bonchev–Trinajstić information content (AvgIpc) is 2.49. The number of nitrogens with one attached hydrogen (secondary N) is 1. The lowest BCUT2D eigenvalue weighted by Gasteiger charge is -2.23. The molecule has 1 rings (SSSR count). The zero-order chi connectivity index (χ0) is 17.6. The van der Waals surface area contributed by atoms with Gasteiger partial charge < -0.3 is 25.0 Å². The fourth-order valence-corrected chi connectivity index (χ4v) is 1.91. The third kappa shape index (κ3) is 5.43. The van der Waals surface area contributed by atoms with Crippen molar-refractivity contribution in [2.45, 2.75) is 38.6 Å². The number of carbonyl (C=O) groups excluding carboxylic acids is 1. The summed E-state index contributed by atoms with van der Waals surface area (Å²) in [4.78, 5) is 11.5. The third-order valence-corrected chi connectivity index (χ3v) is 2.93. The van der Waals surface area contributed by atoms with Crippen LogP contribution in [0.2, 0.25) is 0 Å². The van der Waals surface area contributed by atoms with E-state index in [-0.39, 0.29) is 17.7 Å². The first-order chi connectivity index (χ1) is 10.7. The molecule has 23 heavy (non-hydrogen) atoms. The van der Waals surface area contributed by atoms with E-state index in [0.717, 1.165) is 0 Å². The van der Waals surface area contributed by atoms with E-state index in [1.165, 1.54) is 13.2 Å². The van der Waals surface area contributed by atoms with Crippen LogP contribution in [-0.4, -0.2) is 41.7 Å². The van der Waals surface area contributed by atoms with Gasteiger partial charge in [0, 0.05) is 12.1 Å². The lowest BCUT2D eigenvalue weighted by molar-refractivity contribution is 0.0127. The number of ether oxygens (including phenoxy) is 2. The summed E-state index contributed by atoms with van der Waals surface area (Å²) in [5, 5.41) is 31.8. The summed E-state index contributed by atoms with van der Waals surface area (Å²) >= 11 is 0. The van der Waals surface area contributed by atoms with Crippen LogP contribution in [0.3, 0.4) is 0 Å². The van der Waals surface area contributed by atoms with Gasteiger partial charge in [-0.25, -0.2) is 4.79 Å². The van der Waals surface area contributed by atoms with Gasteiger partial charge in [0.25, 0.3) is 0 Å². The van der Waals surface area contributed by atoms with E-state index >= 15 is 0 Å². The Labute approximate surface area is 135 Å². The zero-order valence-electron chi connectivity index (χ0n) is 13.7. The molecular weight excluding hydrogens is 300 g/mol. The van der Waals surface area contributed by atoms with Gasteiger partial charge in [0.2, 0.25) is 0 Å². The predicted octanol–water partition coefficient (Wildman–Crippen LogP) is 1.49. The van der Waals surface area contributed by atoms with Crippen molar-refractivity contribution in [3.63, 3.8) is 0 Å². The van der Waals surface area contributed by atoms with E-state index in [0.29, 0.717) is 5.75 Å². The van der Waals surface area contributed by atoms with Gasteiger partial charge in [0.15, 0.2) is 0 Å². The molecule has 7 heteroatoms. The van der Waals surface area contributed by atoms with Crippen molar-refractivity contribution in [1.29, 1.82) is 5.26 Å². The Morgan fingerprint density at radius 1 is 1.39 bits per heavy atom. The van der Waals surface area contributed by atoms with Crippen molar-refractivity contribution in [2.24, 2.45) is 0 Å². The maximum atomic E-state index is 11.5. The molecule has 1 aromatic rings. The van der Waals surface area contributed by atoms with Gasteiger partial charge in [-0.2, -0.15) is 5.26 Å². The second kappa shape index (κ2) is 7.81. The van der Waals surface area contributed by atoms with Gasteiger partial charge >= 0.3 is 6.09 Å². The van der Waals surface area contributed by atoms with Gasteiger partial charge in [-0.15, -0.1) is 0 Å². The molecule has 0 aliphatic heterocycles. The Morgan fingerprint density at radius 2 is 2.04 bits per heavy atom. The van der Waals surface area contributed by atoms with Crippen molar-refractivity contribution in [3.05, 3.63) is 29.3 Å². The van der Waals surface area contributed by atoms with Crippen LogP contribution in [0.4, 0.5) is 4.79 Å². The SMILES string of the molecule is COc1cccc(C(O)C(O)CNC(=O)OC(C)(C)C)c1C#N. The normalized spacial score (nSPS) is 13.6. The van der Waals surface area contributed by atoms with Crippen molar-refractivity contribution >= 4 is 6.09 Å². The van der Waals surface area contributed by atoms with Gasteiger partial charge in [-0.3, -0.25) is 0 Å². The summed E-state index contributed by atoms with van der Waals surface area (Å²) in [6.07, 6.45) is -3.36. The van der Waals surface area contributed by atoms with E-state index in [1.54, 1.807) is 32.9 Å². The largest absolute Gasteiger partial charge is 0.495 e. The average molecular weight is 322 g/mol. The molecule has 1 amide bonds. The molecule has 7 nitrogen and oxygen atoms in total. The molecule has 2 atom stereocenters. The molecule has 0 bridgehead atoms. The van der Waals surface area contributed by atoms with Crippen molar-refractivity contribution < 1.29 is 24.5 Å². The molecule has 126 valence electrons. The third-order valence-electron chi connectivity index (χ3n) is 2.93. The van der Waals surface area contributed by atoms with Gasteiger partial charge in [-0.05, 0) is 26.8 Å². The number of benzene rings is 1. The first-order valence-corrected chi connectivity index (χ1v) is 7.09. The van der Waals surface area contributed by atoms with E-state index in [4.69, 9.17) is 9.47 Å². The van der Waals surface area contributed by atoms with Crippen LogP contribution in [0.25, 0.3) is 0 Å². The molecule has 0 saturated carbocycles. The topological polar surface area (TPSA) is 112 Å². The minimum absolute atomic E-state index is 0.138. The molecule has 0 aromatic heterocycles. The molecule has 1 aromatic carbocycles. The second-order valence-corrected chi connectivity index (χ2v) is 5.93. The number of aliphatic hydroxyl groups is 2. The summed E-state index contributed by atoms with van der Waals surface area (Å²) in [5.41, 5.74) is -0.293. The molecule has 0 aliphatic carbocycles. The Morgan fingerprint density at radius 3 is 2.57 bits per heavy atom. The number of amides is 1. The highest BCUT2D eigenvalue weighted by atomic mass is 16.6. The van der Waals surface area contributed by atoms with Gasteiger partial charge in [0.1, 0.15) is 29.6 Å². The molecule has 0 spiro atoms. The number of methoxy groups -OCH3 is 1. The highest BCUT2D eigenvalue weighted by molar-refractivity contribution is 5.67. The van der Waals surface area contributed by atoms with Crippen LogP contribution in [0.1, 0.15) is 38.0 Å². The van der Waals surface area contributed by atoms with Gasteiger partial charge in [0.05, 0.1) is 12.7 Å². The molecule has 0 radical (unpaired) electrons.